The lowest BCUT2D eigenvalue weighted by Gasteiger charge is -2.26. The van der Waals surface area contributed by atoms with Gasteiger partial charge in [0, 0.05) is 30.7 Å². The number of aromatic amines is 1. The van der Waals surface area contributed by atoms with Crippen molar-refractivity contribution in [1.29, 1.82) is 0 Å². The number of ether oxygens (including phenoxy) is 1. The van der Waals surface area contributed by atoms with E-state index in [1.807, 2.05) is 0 Å². The molecule has 0 atom stereocenters. The molecule has 0 spiro atoms. The molecule has 1 aliphatic carbocycles. The van der Waals surface area contributed by atoms with Gasteiger partial charge in [0.15, 0.2) is 5.82 Å². The number of H-pyrrole nitrogens is 1. The van der Waals surface area contributed by atoms with Crippen LogP contribution in [0.4, 0.5) is 0 Å². The number of carbonyl (C=O) groups excluding carboxylic acids is 1. The van der Waals surface area contributed by atoms with Gasteiger partial charge in [0.1, 0.15) is 0 Å². The van der Waals surface area contributed by atoms with Crippen molar-refractivity contribution >= 4 is 5.91 Å². The lowest BCUT2D eigenvalue weighted by Crippen LogP contribution is -2.37. The van der Waals surface area contributed by atoms with E-state index in [-0.39, 0.29) is 17.5 Å². The van der Waals surface area contributed by atoms with E-state index in [2.05, 4.69) is 27.3 Å². The van der Waals surface area contributed by atoms with E-state index in [0.29, 0.717) is 28.4 Å². The molecule has 8 heteroatoms. The normalized spacial score (nSPS) is 18.7. The average Bonchev–Trinajstić information content (AvgIpc) is 3.16. The van der Waals surface area contributed by atoms with Crippen molar-refractivity contribution in [3.05, 3.63) is 58.8 Å². The van der Waals surface area contributed by atoms with Gasteiger partial charge < -0.3 is 10.1 Å². The SMILES string of the molecule is COc1cc(-c2c[nH]n(-c3ccc(C(=O)NC4CCC(C)CC4)cn3)c2=O)ccn1. The minimum absolute atomic E-state index is 0.128. The number of nitrogens with one attached hydrogen (secondary N) is 2. The fraction of sp³-hybridized carbons (Fsp3) is 0.364. The molecule has 8 nitrogen and oxygen atoms in total. The van der Waals surface area contributed by atoms with Crippen LogP contribution in [-0.2, 0) is 0 Å². The largest absolute Gasteiger partial charge is 0.481 e. The summed E-state index contributed by atoms with van der Waals surface area (Å²) in [4.78, 5) is 33.7. The highest BCUT2D eigenvalue weighted by molar-refractivity contribution is 5.94. The first-order valence-corrected chi connectivity index (χ1v) is 10.1. The molecule has 4 rings (SSSR count). The molecule has 1 fully saturated rings. The fourth-order valence-electron chi connectivity index (χ4n) is 3.76. The third-order valence-electron chi connectivity index (χ3n) is 5.62. The van der Waals surface area contributed by atoms with Gasteiger partial charge in [-0.15, -0.1) is 0 Å². The van der Waals surface area contributed by atoms with Crippen LogP contribution in [0.3, 0.4) is 0 Å². The van der Waals surface area contributed by atoms with Crippen molar-refractivity contribution in [2.45, 2.75) is 38.6 Å². The molecule has 1 saturated carbocycles. The second-order valence-corrected chi connectivity index (χ2v) is 7.75. The molecule has 3 heterocycles. The van der Waals surface area contributed by atoms with Gasteiger partial charge in [-0.05, 0) is 55.4 Å². The number of hydrogen-bond donors (Lipinski definition) is 2. The molecule has 156 valence electrons. The van der Waals surface area contributed by atoms with Gasteiger partial charge in [-0.2, -0.15) is 0 Å². The van der Waals surface area contributed by atoms with Crippen LogP contribution in [0.5, 0.6) is 5.88 Å². The molecule has 0 bridgehead atoms. The van der Waals surface area contributed by atoms with Gasteiger partial charge in [-0.3, -0.25) is 14.7 Å². The molecule has 0 saturated heterocycles. The van der Waals surface area contributed by atoms with E-state index in [0.717, 1.165) is 31.6 Å². The van der Waals surface area contributed by atoms with E-state index >= 15 is 0 Å². The summed E-state index contributed by atoms with van der Waals surface area (Å²) in [5.74, 6) is 1.45. The zero-order chi connectivity index (χ0) is 21.1. The van der Waals surface area contributed by atoms with Crippen molar-refractivity contribution in [3.63, 3.8) is 0 Å². The molecule has 3 aromatic heterocycles. The average molecular weight is 407 g/mol. The summed E-state index contributed by atoms with van der Waals surface area (Å²) in [5, 5.41) is 6.01. The van der Waals surface area contributed by atoms with E-state index < -0.39 is 0 Å². The summed E-state index contributed by atoms with van der Waals surface area (Å²) in [5.41, 5.74) is 1.41. The molecule has 0 radical (unpaired) electrons. The topological polar surface area (TPSA) is 102 Å². The summed E-state index contributed by atoms with van der Waals surface area (Å²) in [6.45, 7) is 2.25. The van der Waals surface area contributed by atoms with Crippen LogP contribution in [0.15, 0.2) is 47.7 Å². The maximum Gasteiger partial charge on any atom is 0.280 e. The van der Waals surface area contributed by atoms with Crippen molar-refractivity contribution in [1.82, 2.24) is 25.1 Å². The zero-order valence-corrected chi connectivity index (χ0v) is 17.1. The van der Waals surface area contributed by atoms with E-state index in [1.54, 1.807) is 36.7 Å². The molecule has 30 heavy (non-hydrogen) atoms. The third kappa shape index (κ3) is 4.12. The smallest absolute Gasteiger partial charge is 0.280 e. The van der Waals surface area contributed by atoms with Crippen LogP contribution >= 0.6 is 0 Å². The summed E-state index contributed by atoms with van der Waals surface area (Å²) in [6, 6.07) is 7.00. The van der Waals surface area contributed by atoms with E-state index in [9.17, 15) is 9.59 Å². The summed E-state index contributed by atoms with van der Waals surface area (Å²) < 4.78 is 6.46. The molecule has 3 aromatic rings. The second kappa shape index (κ2) is 8.52. The Kier molecular flexibility index (Phi) is 5.65. The Balaban J connectivity index is 1.50. The predicted molar refractivity (Wildman–Crippen MR) is 113 cm³/mol. The van der Waals surface area contributed by atoms with Crippen molar-refractivity contribution in [2.24, 2.45) is 5.92 Å². The van der Waals surface area contributed by atoms with Gasteiger partial charge in [0.05, 0.1) is 18.2 Å². The highest BCUT2D eigenvalue weighted by atomic mass is 16.5. The van der Waals surface area contributed by atoms with Gasteiger partial charge in [0.25, 0.3) is 11.5 Å². The number of rotatable bonds is 5. The first-order valence-electron chi connectivity index (χ1n) is 10.1. The monoisotopic (exact) mass is 407 g/mol. The molecule has 0 aliphatic heterocycles. The summed E-state index contributed by atoms with van der Waals surface area (Å²) >= 11 is 0. The lowest BCUT2D eigenvalue weighted by molar-refractivity contribution is 0.0922. The number of hydrogen-bond acceptors (Lipinski definition) is 5. The van der Waals surface area contributed by atoms with Crippen LogP contribution in [0, 0.1) is 5.92 Å². The van der Waals surface area contributed by atoms with Crippen molar-refractivity contribution in [2.75, 3.05) is 7.11 Å². The summed E-state index contributed by atoms with van der Waals surface area (Å²) in [6.07, 6.45) is 9.01. The molecule has 1 amide bonds. The Morgan fingerprint density at radius 3 is 2.70 bits per heavy atom. The van der Waals surface area contributed by atoms with Gasteiger partial charge in [0.2, 0.25) is 5.88 Å². The molecule has 0 aromatic carbocycles. The first-order chi connectivity index (χ1) is 14.5. The van der Waals surface area contributed by atoms with Crippen molar-refractivity contribution in [3.8, 4) is 22.8 Å². The minimum atomic E-state index is -0.246. The maximum atomic E-state index is 12.8. The van der Waals surface area contributed by atoms with E-state index in [4.69, 9.17) is 4.74 Å². The van der Waals surface area contributed by atoms with Crippen LogP contribution in [-0.4, -0.2) is 38.8 Å². The summed E-state index contributed by atoms with van der Waals surface area (Å²) in [7, 11) is 1.53. The minimum Gasteiger partial charge on any atom is -0.481 e. The molecular formula is C22H25N5O3. The lowest BCUT2D eigenvalue weighted by atomic mass is 9.87. The van der Waals surface area contributed by atoms with Crippen LogP contribution in [0.25, 0.3) is 16.9 Å². The quantitative estimate of drug-likeness (QED) is 0.677. The number of methoxy groups -OCH3 is 1. The fourth-order valence-corrected chi connectivity index (χ4v) is 3.76. The van der Waals surface area contributed by atoms with Crippen LogP contribution in [0.2, 0.25) is 0 Å². The number of carbonyl (C=O) groups is 1. The molecule has 1 aliphatic rings. The molecular weight excluding hydrogens is 382 g/mol. The Morgan fingerprint density at radius 1 is 1.20 bits per heavy atom. The number of pyridine rings is 2. The Labute approximate surface area is 174 Å². The van der Waals surface area contributed by atoms with Crippen LogP contribution < -0.4 is 15.6 Å². The van der Waals surface area contributed by atoms with Crippen molar-refractivity contribution < 1.29 is 9.53 Å². The maximum absolute atomic E-state index is 12.8. The number of amides is 1. The third-order valence-corrected chi connectivity index (χ3v) is 5.62. The Bertz CT molecular complexity index is 1080. The zero-order valence-electron chi connectivity index (χ0n) is 17.1. The number of aromatic nitrogens is 4. The van der Waals surface area contributed by atoms with Gasteiger partial charge >= 0.3 is 0 Å². The Morgan fingerprint density at radius 2 is 2.00 bits per heavy atom. The predicted octanol–water partition coefficient (Wildman–Crippen LogP) is 2.94. The van der Waals surface area contributed by atoms with Gasteiger partial charge in [-0.25, -0.2) is 14.6 Å². The van der Waals surface area contributed by atoms with E-state index in [1.165, 1.54) is 18.0 Å². The number of nitrogens with zero attached hydrogens (tertiary/aromatic N) is 3. The highest BCUT2D eigenvalue weighted by Crippen LogP contribution is 2.23. The Hall–Kier alpha value is -3.42. The van der Waals surface area contributed by atoms with Gasteiger partial charge in [-0.1, -0.05) is 6.92 Å². The highest BCUT2D eigenvalue weighted by Gasteiger charge is 2.20. The molecule has 0 unspecified atom stereocenters. The first kappa shape index (κ1) is 19.9. The van der Waals surface area contributed by atoms with Crippen LogP contribution in [0.1, 0.15) is 43.0 Å². The second-order valence-electron chi connectivity index (χ2n) is 7.75. The molecule has 2 N–H and O–H groups in total. The standard InChI is InChI=1S/C22H25N5O3/c1-14-3-6-17(7-4-14)26-21(28)16-5-8-19(24-12-16)27-22(29)18(13-25-27)15-9-10-23-20(11-15)30-2/h5,8-14,17,25H,3-4,6-7H2,1-2H3,(H,26,28).